The van der Waals surface area contributed by atoms with Crippen LogP contribution in [-0.4, -0.2) is 53.6 Å². The number of hydrogen-bond donors (Lipinski definition) is 1. The summed E-state index contributed by atoms with van der Waals surface area (Å²) in [5.74, 6) is 0. The second-order valence-corrected chi connectivity index (χ2v) is 5.67. The van der Waals surface area contributed by atoms with E-state index in [-0.39, 0.29) is 18.3 Å². The maximum absolute atomic E-state index is 11.8. The molecule has 100 valence electrons. The van der Waals surface area contributed by atoms with Crippen LogP contribution in [0, 0.1) is 0 Å². The van der Waals surface area contributed by atoms with Crippen molar-refractivity contribution < 1.29 is 19.4 Å². The maximum atomic E-state index is 11.8. The lowest BCUT2D eigenvalue weighted by atomic mass is 10.1. The van der Waals surface area contributed by atoms with E-state index in [0.717, 1.165) is 6.42 Å². The van der Waals surface area contributed by atoms with Gasteiger partial charge in [0.05, 0.1) is 25.4 Å². The number of likely N-dealkylation sites (tertiary alicyclic amines) is 1. The van der Waals surface area contributed by atoms with Crippen molar-refractivity contribution in [2.24, 2.45) is 0 Å². The molecule has 0 saturated carbocycles. The van der Waals surface area contributed by atoms with Crippen LogP contribution in [0.15, 0.2) is 0 Å². The van der Waals surface area contributed by atoms with Crippen LogP contribution in [0.3, 0.4) is 0 Å². The van der Waals surface area contributed by atoms with Crippen LogP contribution in [0.2, 0.25) is 0 Å². The fourth-order valence-electron chi connectivity index (χ4n) is 1.83. The first-order valence-corrected chi connectivity index (χ1v) is 5.98. The second kappa shape index (κ2) is 5.23. The molecule has 0 aromatic rings. The minimum atomic E-state index is -0.470. The lowest BCUT2D eigenvalue weighted by molar-refractivity contribution is -0.0400. The van der Waals surface area contributed by atoms with Crippen LogP contribution in [0.1, 0.15) is 34.1 Å². The average Bonchev–Trinajstić information content (AvgIpc) is 2.56. The van der Waals surface area contributed by atoms with Crippen molar-refractivity contribution in [3.8, 4) is 0 Å². The molecular weight excluding hydrogens is 222 g/mol. The van der Waals surface area contributed by atoms with Crippen LogP contribution >= 0.6 is 0 Å². The fraction of sp³-hybridized carbons (Fsp3) is 0.917. The molecule has 0 spiro atoms. The Kier molecular flexibility index (Phi) is 4.38. The average molecular weight is 245 g/mol. The summed E-state index contributed by atoms with van der Waals surface area (Å²) in [6.07, 6.45) is 0.473. The van der Waals surface area contributed by atoms with Crippen LogP contribution < -0.4 is 0 Å². The van der Waals surface area contributed by atoms with Gasteiger partial charge in [-0.25, -0.2) is 4.79 Å². The van der Waals surface area contributed by atoms with Gasteiger partial charge in [0, 0.05) is 6.54 Å². The molecule has 5 heteroatoms. The summed E-state index contributed by atoms with van der Waals surface area (Å²) >= 11 is 0. The zero-order valence-electron chi connectivity index (χ0n) is 11.2. The number of carbonyl (C=O) groups is 1. The number of aliphatic hydroxyl groups excluding tert-OH is 1. The van der Waals surface area contributed by atoms with Crippen molar-refractivity contribution in [1.29, 1.82) is 0 Å². The van der Waals surface area contributed by atoms with E-state index in [4.69, 9.17) is 14.6 Å². The first-order chi connectivity index (χ1) is 7.76. The molecule has 1 fully saturated rings. The van der Waals surface area contributed by atoms with Gasteiger partial charge in [-0.3, -0.25) is 0 Å². The van der Waals surface area contributed by atoms with E-state index in [1.54, 1.807) is 4.90 Å². The van der Waals surface area contributed by atoms with Crippen LogP contribution in [-0.2, 0) is 9.47 Å². The fourth-order valence-corrected chi connectivity index (χ4v) is 1.83. The van der Waals surface area contributed by atoms with Gasteiger partial charge in [0.15, 0.2) is 0 Å². The van der Waals surface area contributed by atoms with E-state index in [9.17, 15) is 4.79 Å². The summed E-state index contributed by atoms with van der Waals surface area (Å²) < 4.78 is 10.9. The molecule has 0 bridgehead atoms. The smallest absolute Gasteiger partial charge is 0.410 e. The molecule has 1 saturated heterocycles. The van der Waals surface area contributed by atoms with Gasteiger partial charge in [-0.05, 0) is 34.1 Å². The third-order valence-corrected chi connectivity index (χ3v) is 2.63. The predicted octanol–water partition coefficient (Wildman–Crippen LogP) is 1.39. The van der Waals surface area contributed by atoms with Crippen molar-refractivity contribution in [2.75, 3.05) is 26.3 Å². The van der Waals surface area contributed by atoms with Gasteiger partial charge in [-0.15, -0.1) is 0 Å². The van der Waals surface area contributed by atoms with Gasteiger partial charge in [-0.1, -0.05) is 0 Å². The number of hydrogen-bond acceptors (Lipinski definition) is 4. The zero-order chi connectivity index (χ0) is 13.1. The molecule has 1 N–H and O–H groups in total. The summed E-state index contributed by atoms with van der Waals surface area (Å²) in [7, 11) is 0. The number of rotatable bonds is 3. The number of carbonyl (C=O) groups excluding carboxylic acids is 1. The lowest BCUT2D eigenvalue weighted by Gasteiger charge is -2.27. The van der Waals surface area contributed by atoms with Gasteiger partial charge in [0.2, 0.25) is 0 Å². The quantitative estimate of drug-likeness (QED) is 0.816. The van der Waals surface area contributed by atoms with E-state index < -0.39 is 5.60 Å². The van der Waals surface area contributed by atoms with Crippen molar-refractivity contribution >= 4 is 6.09 Å². The Morgan fingerprint density at radius 3 is 2.65 bits per heavy atom. The number of ether oxygens (including phenoxy) is 2. The normalized spacial score (nSPS) is 25.1. The Bertz CT molecular complexity index is 274. The van der Waals surface area contributed by atoms with Crippen molar-refractivity contribution in [2.45, 2.75) is 45.3 Å². The Morgan fingerprint density at radius 2 is 2.12 bits per heavy atom. The molecule has 1 rings (SSSR count). The predicted molar refractivity (Wildman–Crippen MR) is 63.9 cm³/mol. The first kappa shape index (κ1) is 14.3. The summed E-state index contributed by atoms with van der Waals surface area (Å²) in [6, 6.07) is 0. The van der Waals surface area contributed by atoms with Gasteiger partial charge in [0.1, 0.15) is 5.60 Å². The van der Waals surface area contributed by atoms with Gasteiger partial charge in [0.25, 0.3) is 0 Å². The molecule has 0 aromatic heterocycles. The van der Waals surface area contributed by atoms with E-state index in [1.807, 2.05) is 27.7 Å². The first-order valence-electron chi connectivity index (χ1n) is 5.98. The number of aliphatic hydroxyl groups is 1. The van der Waals surface area contributed by atoms with E-state index in [1.165, 1.54) is 0 Å². The van der Waals surface area contributed by atoms with Crippen molar-refractivity contribution in [3.05, 3.63) is 0 Å². The zero-order valence-corrected chi connectivity index (χ0v) is 11.2. The number of nitrogens with zero attached hydrogens (tertiary/aromatic N) is 1. The maximum Gasteiger partial charge on any atom is 0.410 e. The molecule has 1 aliphatic heterocycles. The molecule has 17 heavy (non-hydrogen) atoms. The second-order valence-electron chi connectivity index (χ2n) is 5.67. The highest BCUT2D eigenvalue weighted by molar-refractivity contribution is 5.68. The van der Waals surface area contributed by atoms with Gasteiger partial charge >= 0.3 is 6.09 Å². The van der Waals surface area contributed by atoms with Crippen LogP contribution in [0.25, 0.3) is 0 Å². The highest BCUT2D eigenvalue weighted by Gasteiger charge is 2.38. The Morgan fingerprint density at radius 1 is 1.47 bits per heavy atom. The summed E-state index contributed by atoms with van der Waals surface area (Å²) in [5.41, 5.74) is -0.832. The van der Waals surface area contributed by atoms with Crippen molar-refractivity contribution in [3.63, 3.8) is 0 Å². The van der Waals surface area contributed by atoms with Crippen LogP contribution in [0.5, 0.6) is 0 Å². The molecular formula is C12H23NO4. The largest absolute Gasteiger partial charge is 0.444 e. The molecule has 1 unspecified atom stereocenters. The monoisotopic (exact) mass is 245 g/mol. The Balaban J connectivity index is 2.47. The van der Waals surface area contributed by atoms with E-state index in [2.05, 4.69) is 0 Å². The summed E-state index contributed by atoms with van der Waals surface area (Å²) in [5, 5.41) is 8.74. The van der Waals surface area contributed by atoms with Crippen molar-refractivity contribution in [1.82, 2.24) is 4.90 Å². The third-order valence-electron chi connectivity index (χ3n) is 2.63. The molecule has 1 heterocycles. The molecule has 5 nitrogen and oxygen atoms in total. The molecule has 0 aromatic carbocycles. The molecule has 0 radical (unpaired) electrons. The topological polar surface area (TPSA) is 59.0 Å². The van der Waals surface area contributed by atoms with E-state index >= 15 is 0 Å². The lowest BCUT2D eigenvalue weighted by Crippen LogP contribution is -2.39. The summed E-state index contributed by atoms with van der Waals surface area (Å²) in [6.45, 7) is 8.96. The number of amides is 1. The molecule has 1 aliphatic rings. The minimum absolute atomic E-state index is 0.00201. The minimum Gasteiger partial charge on any atom is -0.444 e. The van der Waals surface area contributed by atoms with Crippen LogP contribution in [0.4, 0.5) is 4.79 Å². The van der Waals surface area contributed by atoms with Gasteiger partial charge in [-0.2, -0.15) is 0 Å². The Labute approximate surface area is 103 Å². The SMILES string of the molecule is CC(C)(C)OC(=O)N1CCC(C)(OCCO)C1. The summed E-state index contributed by atoms with van der Waals surface area (Å²) in [4.78, 5) is 13.5. The Hall–Kier alpha value is -0.810. The standard InChI is InChI=1S/C12H23NO4/c1-11(2,3)17-10(15)13-6-5-12(4,9-13)16-8-7-14/h14H,5-9H2,1-4H3. The molecule has 1 atom stereocenters. The molecule has 1 amide bonds. The third kappa shape index (κ3) is 4.52. The highest BCUT2D eigenvalue weighted by Crippen LogP contribution is 2.26. The molecule has 0 aliphatic carbocycles. The van der Waals surface area contributed by atoms with E-state index in [0.29, 0.717) is 19.7 Å². The highest BCUT2D eigenvalue weighted by atomic mass is 16.6. The van der Waals surface area contributed by atoms with Gasteiger partial charge < -0.3 is 19.5 Å².